The van der Waals surface area contributed by atoms with Crippen molar-refractivity contribution >= 4 is 35.2 Å². The fraction of sp³-hybridized carbons (Fsp3) is 0.556. The Balaban J connectivity index is 1.77. The number of nitrogens with zero attached hydrogens (tertiary/aromatic N) is 2. The van der Waals surface area contributed by atoms with E-state index in [0.29, 0.717) is 19.6 Å². The van der Waals surface area contributed by atoms with Crippen LogP contribution >= 0.6 is 11.8 Å². The number of likely N-dealkylation sites (tertiary alicyclic amines) is 1. The highest BCUT2D eigenvalue weighted by Gasteiger charge is 2.36. The molecule has 1 N–H and O–H groups in total. The lowest BCUT2D eigenvalue weighted by molar-refractivity contribution is -0.305. The van der Waals surface area contributed by atoms with Crippen LogP contribution in [0, 0.1) is 5.92 Å². The number of anilines is 1. The van der Waals surface area contributed by atoms with E-state index in [1.807, 2.05) is 12.3 Å². The summed E-state index contributed by atoms with van der Waals surface area (Å²) in [5, 5.41) is 13.2. The maximum Gasteiger partial charge on any atom is 0.274 e. The van der Waals surface area contributed by atoms with Crippen LogP contribution in [0.3, 0.4) is 0 Å². The van der Waals surface area contributed by atoms with Gasteiger partial charge in [-0.2, -0.15) is 11.8 Å². The summed E-state index contributed by atoms with van der Waals surface area (Å²) in [7, 11) is 0. The summed E-state index contributed by atoms with van der Waals surface area (Å²) in [4.78, 5) is 49.1. The molecule has 2 aliphatic rings. The van der Waals surface area contributed by atoms with Gasteiger partial charge in [-0.05, 0) is 37.1 Å². The first-order chi connectivity index (χ1) is 12.9. The van der Waals surface area contributed by atoms with Gasteiger partial charge >= 0.3 is 0 Å². The summed E-state index contributed by atoms with van der Waals surface area (Å²) in [5.74, 6) is -1.17. The van der Waals surface area contributed by atoms with Crippen molar-refractivity contribution in [3.63, 3.8) is 0 Å². The molecule has 0 aliphatic carbocycles. The fourth-order valence-electron chi connectivity index (χ4n) is 3.93. The zero-order chi connectivity index (χ0) is 19.6. The normalized spacial score (nSPS) is 20.7. The van der Waals surface area contributed by atoms with Crippen molar-refractivity contribution in [2.45, 2.75) is 31.7 Å². The molecule has 2 amide bonds. The number of carboxylic acid groups (broad SMARTS) is 1. The molecule has 2 aliphatic heterocycles. The number of carboxylic acids is 1. The van der Waals surface area contributed by atoms with Crippen molar-refractivity contribution in [3.8, 4) is 0 Å². The molecule has 2 bridgehead atoms. The number of hydrogen-bond acceptors (Lipinski definition) is 6. The second-order valence-electron chi connectivity index (χ2n) is 7.04. The number of fused-ring (bicyclic) bond motifs is 4. The van der Waals surface area contributed by atoms with Gasteiger partial charge < -0.3 is 24.7 Å². The number of hydrogen-bond donors (Lipinski definition) is 1. The summed E-state index contributed by atoms with van der Waals surface area (Å²) in [6.45, 7) is 1.47. The van der Waals surface area contributed by atoms with Gasteiger partial charge in [0.15, 0.2) is 0 Å². The van der Waals surface area contributed by atoms with Crippen molar-refractivity contribution < 1.29 is 19.5 Å². The number of thioether (sulfide) groups is 1. The minimum absolute atomic E-state index is 0.0352. The first-order valence-corrected chi connectivity index (χ1v) is 10.3. The average molecular weight is 392 g/mol. The van der Waals surface area contributed by atoms with Crippen LogP contribution < -0.4 is 16.0 Å². The fourth-order valence-corrected chi connectivity index (χ4v) is 4.26. The third-order valence-electron chi connectivity index (χ3n) is 5.05. The van der Waals surface area contributed by atoms with Crippen molar-refractivity contribution in [3.05, 3.63) is 28.2 Å². The molecule has 2 atom stereocenters. The molecule has 1 fully saturated rings. The molecule has 9 heteroatoms. The van der Waals surface area contributed by atoms with Crippen LogP contribution in [0.2, 0.25) is 0 Å². The third-order valence-corrected chi connectivity index (χ3v) is 5.60. The number of nitrogens with one attached hydrogen (secondary N) is 1. The maximum atomic E-state index is 12.8. The number of amides is 2. The third kappa shape index (κ3) is 4.35. The topological polar surface area (TPSA) is 112 Å². The highest BCUT2D eigenvalue weighted by Crippen LogP contribution is 2.35. The molecule has 1 aromatic rings. The van der Waals surface area contributed by atoms with Crippen LogP contribution in [0.4, 0.5) is 5.69 Å². The van der Waals surface area contributed by atoms with Gasteiger partial charge in [0.1, 0.15) is 5.69 Å². The molecule has 0 aromatic carbocycles. The van der Waals surface area contributed by atoms with E-state index in [9.17, 15) is 24.3 Å². The molecule has 27 heavy (non-hydrogen) atoms. The number of carbonyl (C=O) groups is 3. The number of aliphatic carboxylic acids is 1. The Labute approximate surface area is 160 Å². The zero-order valence-electron chi connectivity index (χ0n) is 15.1. The van der Waals surface area contributed by atoms with Crippen molar-refractivity contribution in [1.82, 2.24) is 9.47 Å². The molecule has 3 rings (SSSR count). The molecule has 1 aromatic heterocycles. The number of piperidine rings is 1. The van der Waals surface area contributed by atoms with E-state index < -0.39 is 5.97 Å². The molecular formula is C18H22N3O5S-. The lowest BCUT2D eigenvalue weighted by Gasteiger charge is -2.43. The summed E-state index contributed by atoms with van der Waals surface area (Å²) >= 11 is 1.39. The Morgan fingerprint density at radius 3 is 2.70 bits per heavy atom. The molecular weight excluding hydrogens is 370 g/mol. The zero-order valence-corrected chi connectivity index (χ0v) is 15.9. The monoisotopic (exact) mass is 392 g/mol. The van der Waals surface area contributed by atoms with E-state index in [1.165, 1.54) is 11.8 Å². The van der Waals surface area contributed by atoms with Gasteiger partial charge in [0.2, 0.25) is 11.8 Å². The predicted molar refractivity (Wildman–Crippen MR) is 99.4 cm³/mol. The number of pyridine rings is 1. The highest BCUT2D eigenvalue weighted by atomic mass is 32.2. The number of carbonyl (C=O) groups excluding carboxylic acids is 3. The Bertz CT molecular complexity index is 822. The van der Waals surface area contributed by atoms with Crippen LogP contribution in [0.25, 0.3) is 0 Å². The van der Waals surface area contributed by atoms with Gasteiger partial charge in [0.05, 0.1) is 5.75 Å². The lowest BCUT2D eigenvalue weighted by atomic mass is 9.83. The second kappa shape index (κ2) is 8.16. The molecule has 0 unspecified atom stereocenters. The van der Waals surface area contributed by atoms with Crippen LogP contribution in [-0.4, -0.2) is 52.3 Å². The van der Waals surface area contributed by atoms with Crippen LogP contribution in [0.5, 0.6) is 0 Å². The van der Waals surface area contributed by atoms with Crippen molar-refractivity contribution in [2.75, 3.05) is 30.4 Å². The van der Waals surface area contributed by atoms with Gasteiger partial charge in [-0.1, -0.05) is 0 Å². The summed E-state index contributed by atoms with van der Waals surface area (Å²) < 4.78 is 1.70. The highest BCUT2D eigenvalue weighted by molar-refractivity contribution is 7.99. The van der Waals surface area contributed by atoms with Crippen molar-refractivity contribution in [1.29, 1.82) is 0 Å². The first-order valence-electron chi connectivity index (χ1n) is 8.89. The smallest absolute Gasteiger partial charge is 0.274 e. The van der Waals surface area contributed by atoms with E-state index >= 15 is 0 Å². The Hall–Kier alpha value is -2.29. The Morgan fingerprint density at radius 2 is 2.00 bits per heavy atom. The molecule has 0 radical (unpaired) electrons. The molecule has 0 saturated carbocycles. The first kappa shape index (κ1) is 19.5. The SMILES string of the molecule is CSCC(=O)Nc1ccc2n(c1=O)C[C@H]1C[C@@H]2CN(C(=O)CCC(=O)[O-])C1. The largest absolute Gasteiger partial charge is 0.550 e. The summed E-state index contributed by atoms with van der Waals surface area (Å²) in [6, 6.07) is 3.47. The molecule has 8 nitrogen and oxygen atoms in total. The van der Waals surface area contributed by atoms with Crippen molar-refractivity contribution in [2.24, 2.45) is 5.92 Å². The van der Waals surface area contributed by atoms with E-state index in [1.54, 1.807) is 15.5 Å². The Morgan fingerprint density at radius 1 is 1.22 bits per heavy atom. The van der Waals surface area contributed by atoms with Gasteiger partial charge in [0.25, 0.3) is 5.56 Å². The molecule has 0 spiro atoms. The van der Waals surface area contributed by atoms with E-state index in [-0.39, 0.29) is 53.5 Å². The maximum absolute atomic E-state index is 12.8. The molecule has 1 saturated heterocycles. The predicted octanol–water partition coefficient (Wildman–Crippen LogP) is -0.374. The molecule has 146 valence electrons. The van der Waals surface area contributed by atoms with Crippen LogP contribution in [-0.2, 0) is 20.9 Å². The summed E-state index contributed by atoms with van der Waals surface area (Å²) in [5.41, 5.74) is 0.921. The standard InChI is InChI=1S/C18H23N3O5S/c1-27-10-15(22)19-13-2-3-14-12-6-11(8-21(14)18(13)26)7-20(9-12)16(23)4-5-17(24)25/h2-3,11-12H,4-10H2,1H3,(H,19,22)(H,24,25)/p-1/t11-,12+/m0/s1. The van der Waals surface area contributed by atoms with E-state index in [4.69, 9.17) is 0 Å². The van der Waals surface area contributed by atoms with Gasteiger partial charge in [-0.3, -0.25) is 14.4 Å². The van der Waals surface area contributed by atoms with Crippen LogP contribution in [0.1, 0.15) is 30.9 Å². The minimum atomic E-state index is -1.23. The van der Waals surface area contributed by atoms with E-state index in [0.717, 1.165) is 12.1 Å². The minimum Gasteiger partial charge on any atom is -0.550 e. The van der Waals surface area contributed by atoms with Gasteiger partial charge in [-0.25, -0.2) is 0 Å². The van der Waals surface area contributed by atoms with Crippen LogP contribution in [0.15, 0.2) is 16.9 Å². The number of rotatable bonds is 6. The average Bonchev–Trinajstić information content (AvgIpc) is 2.62. The van der Waals surface area contributed by atoms with Gasteiger partial charge in [-0.15, -0.1) is 0 Å². The quantitative estimate of drug-likeness (QED) is 0.707. The Kier molecular flexibility index (Phi) is 5.88. The van der Waals surface area contributed by atoms with Gasteiger partial charge in [0, 0.05) is 43.6 Å². The lowest BCUT2D eigenvalue weighted by Crippen LogP contribution is -2.49. The second-order valence-corrected chi connectivity index (χ2v) is 7.90. The molecule has 3 heterocycles. The van der Waals surface area contributed by atoms with E-state index in [2.05, 4.69) is 5.32 Å². The number of aromatic nitrogens is 1. The summed E-state index contributed by atoms with van der Waals surface area (Å²) in [6.07, 6.45) is 2.37.